The lowest BCUT2D eigenvalue weighted by molar-refractivity contribution is -0.109. The van der Waals surface area contributed by atoms with Crippen LogP contribution in [0.4, 0.5) is 0 Å². The molecule has 0 amide bonds. The number of carbonyl (C=O) groups is 1. The van der Waals surface area contributed by atoms with Crippen molar-refractivity contribution in [1.82, 2.24) is 9.80 Å². The Labute approximate surface area is 132 Å². The van der Waals surface area contributed by atoms with E-state index >= 15 is 0 Å². The third-order valence-corrected chi connectivity index (χ3v) is 4.26. The predicted molar refractivity (Wildman–Crippen MR) is 89.7 cm³/mol. The predicted octanol–water partition coefficient (Wildman–Crippen LogP) is 2.67. The van der Waals surface area contributed by atoms with Crippen LogP contribution < -0.4 is 0 Å². The number of hydrogen-bond donors (Lipinski definition) is 0. The minimum Gasteiger partial charge on any atom is -0.302 e. The van der Waals surface area contributed by atoms with E-state index in [2.05, 4.69) is 58.3 Å². The van der Waals surface area contributed by atoms with Gasteiger partial charge in [-0.1, -0.05) is 54.6 Å². The van der Waals surface area contributed by atoms with E-state index in [9.17, 15) is 4.79 Å². The van der Waals surface area contributed by atoms with Gasteiger partial charge < -0.3 is 4.79 Å². The molecule has 1 fully saturated rings. The molecule has 0 N–H and O–H groups in total. The van der Waals surface area contributed by atoms with Crippen molar-refractivity contribution in [2.45, 2.75) is 6.54 Å². The van der Waals surface area contributed by atoms with Crippen molar-refractivity contribution in [2.24, 2.45) is 0 Å². The van der Waals surface area contributed by atoms with Gasteiger partial charge in [0.05, 0.1) is 6.54 Å². The molecule has 1 saturated heterocycles. The zero-order chi connectivity index (χ0) is 15.2. The molecule has 0 unspecified atom stereocenters. The molecular weight excluding hydrogens is 272 g/mol. The Bertz CT molecular complexity index is 587. The van der Waals surface area contributed by atoms with Crippen LogP contribution in [0.25, 0.3) is 11.1 Å². The lowest BCUT2D eigenvalue weighted by Crippen LogP contribution is -2.46. The van der Waals surface area contributed by atoms with E-state index in [1.165, 1.54) is 16.7 Å². The maximum atomic E-state index is 10.5. The fourth-order valence-electron chi connectivity index (χ4n) is 2.93. The first-order valence-corrected chi connectivity index (χ1v) is 7.88. The molecule has 3 rings (SSSR count). The van der Waals surface area contributed by atoms with Gasteiger partial charge in [0.15, 0.2) is 0 Å². The molecule has 0 spiro atoms. The fourth-order valence-corrected chi connectivity index (χ4v) is 2.93. The highest BCUT2D eigenvalue weighted by atomic mass is 16.1. The van der Waals surface area contributed by atoms with Crippen molar-refractivity contribution in [3.8, 4) is 11.1 Å². The van der Waals surface area contributed by atoms with E-state index in [0.29, 0.717) is 6.54 Å². The largest absolute Gasteiger partial charge is 0.302 e. The highest BCUT2D eigenvalue weighted by molar-refractivity contribution is 5.63. The summed E-state index contributed by atoms with van der Waals surface area (Å²) in [5.74, 6) is 0. The minimum atomic E-state index is 0.569. The molecule has 0 radical (unpaired) electrons. The zero-order valence-corrected chi connectivity index (χ0v) is 12.8. The molecule has 0 atom stereocenters. The molecule has 114 valence electrons. The Morgan fingerprint density at radius 2 is 1.36 bits per heavy atom. The number of piperazine rings is 1. The minimum absolute atomic E-state index is 0.569. The average Bonchev–Trinajstić information content (AvgIpc) is 2.58. The summed E-state index contributed by atoms with van der Waals surface area (Å²) in [7, 11) is 0. The van der Waals surface area contributed by atoms with Gasteiger partial charge in [0.25, 0.3) is 0 Å². The molecule has 1 aliphatic heterocycles. The Kier molecular flexibility index (Phi) is 4.99. The van der Waals surface area contributed by atoms with Crippen molar-refractivity contribution in [3.05, 3.63) is 60.2 Å². The van der Waals surface area contributed by atoms with Crippen LogP contribution in [0.5, 0.6) is 0 Å². The number of benzene rings is 2. The van der Waals surface area contributed by atoms with Crippen LogP contribution in [0, 0.1) is 0 Å². The maximum absolute atomic E-state index is 10.5. The first-order valence-electron chi connectivity index (χ1n) is 7.88. The standard InChI is InChI=1S/C19H22N2O/c22-15-14-20-10-12-21(13-11-20)16-17-6-8-19(9-7-17)18-4-2-1-3-5-18/h1-9,15H,10-14,16H2. The molecule has 0 aromatic heterocycles. The van der Waals surface area contributed by atoms with E-state index in [0.717, 1.165) is 39.0 Å². The molecule has 0 saturated carbocycles. The van der Waals surface area contributed by atoms with Crippen molar-refractivity contribution >= 4 is 6.29 Å². The van der Waals surface area contributed by atoms with E-state index in [-0.39, 0.29) is 0 Å². The van der Waals surface area contributed by atoms with E-state index in [1.54, 1.807) is 0 Å². The summed E-state index contributed by atoms with van der Waals surface area (Å²) in [5.41, 5.74) is 3.88. The molecule has 2 aromatic rings. The summed E-state index contributed by atoms with van der Waals surface area (Å²) in [5, 5.41) is 0. The van der Waals surface area contributed by atoms with Crippen LogP contribution in [0.2, 0.25) is 0 Å². The SMILES string of the molecule is O=CCN1CCN(Cc2ccc(-c3ccccc3)cc2)CC1. The highest BCUT2D eigenvalue weighted by Gasteiger charge is 2.16. The quantitative estimate of drug-likeness (QED) is 0.792. The van der Waals surface area contributed by atoms with Gasteiger partial charge in [0, 0.05) is 32.7 Å². The van der Waals surface area contributed by atoms with Crippen LogP contribution in [-0.4, -0.2) is 48.8 Å². The Morgan fingerprint density at radius 3 is 2.00 bits per heavy atom. The van der Waals surface area contributed by atoms with Crippen LogP contribution in [0.1, 0.15) is 5.56 Å². The van der Waals surface area contributed by atoms with Gasteiger partial charge in [0.2, 0.25) is 0 Å². The fraction of sp³-hybridized carbons (Fsp3) is 0.316. The van der Waals surface area contributed by atoms with Gasteiger partial charge in [0.1, 0.15) is 6.29 Å². The molecule has 0 aliphatic carbocycles. The normalized spacial score (nSPS) is 16.5. The van der Waals surface area contributed by atoms with E-state index < -0.39 is 0 Å². The van der Waals surface area contributed by atoms with Crippen LogP contribution in [0.3, 0.4) is 0 Å². The van der Waals surface area contributed by atoms with Gasteiger partial charge in [-0.2, -0.15) is 0 Å². The summed E-state index contributed by atoms with van der Waals surface area (Å²) < 4.78 is 0. The van der Waals surface area contributed by atoms with E-state index in [4.69, 9.17) is 0 Å². The van der Waals surface area contributed by atoms with Crippen molar-refractivity contribution in [1.29, 1.82) is 0 Å². The Hall–Kier alpha value is -1.97. The maximum Gasteiger partial charge on any atom is 0.133 e. The second-order valence-corrected chi connectivity index (χ2v) is 5.81. The van der Waals surface area contributed by atoms with Crippen LogP contribution >= 0.6 is 0 Å². The van der Waals surface area contributed by atoms with Gasteiger partial charge in [-0.15, -0.1) is 0 Å². The molecule has 3 heteroatoms. The zero-order valence-electron chi connectivity index (χ0n) is 12.8. The third-order valence-electron chi connectivity index (χ3n) is 4.26. The van der Waals surface area contributed by atoms with Crippen molar-refractivity contribution in [2.75, 3.05) is 32.7 Å². The average molecular weight is 294 g/mol. The summed E-state index contributed by atoms with van der Waals surface area (Å²) in [6.07, 6.45) is 0.998. The van der Waals surface area contributed by atoms with Gasteiger partial charge in [-0.3, -0.25) is 9.80 Å². The van der Waals surface area contributed by atoms with E-state index in [1.807, 2.05) is 6.07 Å². The van der Waals surface area contributed by atoms with Crippen molar-refractivity contribution < 1.29 is 4.79 Å². The number of aldehydes is 1. The number of rotatable bonds is 5. The molecule has 1 aliphatic rings. The summed E-state index contributed by atoms with van der Waals surface area (Å²) in [6.45, 7) is 5.61. The van der Waals surface area contributed by atoms with Crippen LogP contribution in [-0.2, 0) is 11.3 Å². The van der Waals surface area contributed by atoms with Gasteiger partial charge >= 0.3 is 0 Å². The highest BCUT2D eigenvalue weighted by Crippen LogP contribution is 2.20. The van der Waals surface area contributed by atoms with Crippen molar-refractivity contribution in [3.63, 3.8) is 0 Å². The Balaban J connectivity index is 1.57. The topological polar surface area (TPSA) is 23.6 Å². The summed E-state index contributed by atoms with van der Waals surface area (Å²) in [4.78, 5) is 15.2. The van der Waals surface area contributed by atoms with Crippen LogP contribution in [0.15, 0.2) is 54.6 Å². The van der Waals surface area contributed by atoms with Gasteiger partial charge in [-0.05, 0) is 16.7 Å². The Morgan fingerprint density at radius 1 is 0.773 bits per heavy atom. The summed E-state index contributed by atoms with van der Waals surface area (Å²) >= 11 is 0. The number of hydrogen-bond acceptors (Lipinski definition) is 3. The lowest BCUT2D eigenvalue weighted by Gasteiger charge is -2.33. The molecule has 2 aromatic carbocycles. The third kappa shape index (κ3) is 3.81. The lowest BCUT2D eigenvalue weighted by atomic mass is 10.0. The smallest absolute Gasteiger partial charge is 0.133 e. The monoisotopic (exact) mass is 294 g/mol. The molecule has 0 bridgehead atoms. The molecule has 22 heavy (non-hydrogen) atoms. The molecule has 3 nitrogen and oxygen atoms in total. The first kappa shape index (κ1) is 14.9. The second-order valence-electron chi connectivity index (χ2n) is 5.81. The van der Waals surface area contributed by atoms with Gasteiger partial charge in [-0.25, -0.2) is 0 Å². The molecule has 1 heterocycles. The second kappa shape index (κ2) is 7.34. The molecular formula is C19H22N2O. The summed E-state index contributed by atoms with van der Waals surface area (Å²) in [6, 6.07) is 19.3. The number of nitrogens with zero attached hydrogens (tertiary/aromatic N) is 2. The first-order chi connectivity index (χ1) is 10.8. The number of carbonyl (C=O) groups excluding carboxylic acids is 1.